The number of hydrogen-bond donors (Lipinski definition) is 2. The lowest BCUT2D eigenvalue weighted by atomic mass is 9.91. The molecule has 0 spiro atoms. The first-order chi connectivity index (χ1) is 11.6. The highest BCUT2D eigenvalue weighted by Gasteiger charge is 2.27. The predicted molar refractivity (Wildman–Crippen MR) is 90.6 cm³/mol. The van der Waals surface area contributed by atoms with E-state index in [1.807, 2.05) is 30.3 Å². The number of rotatable bonds is 5. The van der Waals surface area contributed by atoms with E-state index >= 15 is 0 Å². The summed E-state index contributed by atoms with van der Waals surface area (Å²) in [5.41, 5.74) is 0.0473. The van der Waals surface area contributed by atoms with E-state index in [1.54, 1.807) is 0 Å². The Bertz CT molecular complexity index is 804. The highest BCUT2D eigenvalue weighted by Crippen LogP contribution is 2.35. The monoisotopic (exact) mass is 327 g/mol. The minimum absolute atomic E-state index is 0.0420. The molecule has 6 heteroatoms. The fraction of sp³-hybridized carbons (Fsp3) is 0.389. The highest BCUT2D eigenvalue weighted by atomic mass is 16.2. The minimum Gasteiger partial charge on any atom is -0.347 e. The van der Waals surface area contributed by atoms with Gasteiger partial charge in [-0.3, -0.25) is 19.1 Å². The molecule has 126 valence electrons. The molecule has 1 amide bonds. The van der Waals surface area contributed by atoms with Crippen molar-refractivity contribution in [2.75, 3.05) is 0 Å². The number of carbonyl (C=O) groups is 1. The fourth-order valence-corrected chi connectivity index (χ4v) is 3.37. The Morgan fingerprint density at radius 2 is 1.88 bits per heavy atom. The number of benzene rings is 1. The molecule has 1 saturated carbocycles. The van der Waals surface area contributed by atoms with Crippen molar-refractivity contribution in [1.29, 1.82) is 0 Å². The third-order valence-electron chi connectivity index (χ3n) is 4.56. The Morgan fingerprint density at radius 3 is 2.54 bits per heavy atom. The maximum absolute atomic E-state index is 12.4. The van der Waals surface area contributed by atoms with Gasteiger partial charge in [0.25, 0.3) is 5.56 Å². The molecule has 0 bridgehead atoms. The van der Waals surface area contributed by atoms with Crippen LogP contribution >= 0.6 is 0 Å². The Morgan fingerprint density at radius 1 is 1.17 bits per heavy atom. The van der Waals surface area contributed by atoms with Gasteiger partial charge in [0.15, 0.2) is 0 Å². The average Bonchev–Trinajstić information content (AvgIpc) is 3.10. The maximum Gasteiger partial charge on any atom is 0.328 e. The molecule has 2 aromatic rings. The fourth-order valence-electron chi connectivity index (χ4n) is 3.37. The zero-order valence-electron chi connectivity index (χ0n) is 13.4. The molecule has 6 nitrogen and oxygen atoms in total. The number of nitrogens with zero attached hydrogens (tertiary/aromatic N) is 1. The highest BCUT2D eigenvalue weighted by molar-refractivity contribution is 5.76. The number of hydrogen-bond acceptors (Lipinski definition) is 3. The maximum atomic E-state index is 12.4. The van der Waals surface area contributed by atoms with E-state index in [4.69, 9.17) is 0 Å². The molecule has 1 fully saturated rings. The molecule has 1 aliphatic rings. The van der Waals surface area contributed by atoms with Crippen molar-refractivity contribution < 1.29 is 4.79 Å². The van der Waals surface area contributed by atoms with Crippen molar-refractivity contribution in [3.8, 4) is 0 Å². The molecule has 1 aliphatic carbocycles. The molecule has 0 radical (unpaired) electrons. The van der Waals surface area contributed by atoms with Crippen LogP contribution in [0.15, 0.2) is 52.2 Å². The van der Waals surface area contributed by atoms with Gasteiger partial charge in [0.1, 0.15) is 6.54 Å². The van der Waals surface area contributed by atoms with E-state index in [-0.39, 0.29) is 18.5 Å². The van der Waals surface area contributed by atoms with Gasteiger partial charge in [0, 0.05) is 12.3 Å². The summed E-state index contributed by atoms with van der Waals surface area (Å²) in [5.74, 6) is 0.188. The smallest absolute Gasteiger partial charge is 0.328 e. The molecular weight excluding hydrogens is 306 g/mol. The first-order valence-electron chi connectivity index (χ1n) is 8.27. The van der Waals surface area contributed by atoms with Crippen LogP contribution in [0.4, 0.5) is 0 Å². The third kappa shape index (κ3) is 3.82. The van der Waals surface area contributed by atoms with Gasteiger partial charge in [-0.2, -0.15) is 0 Å². The molecular formula is C18H21N3O3. The topological polar surface area (TPSA) is 84.0 Å². The number of aromatic amines is 1. The van der Waals surface area contributed by atoms with Crippen LogP contribution in [0.25, 0.3) is 0 Å². The van der Waals surface area contributed by atoms with Gasteiger partial charge < -0.3 is 5.32 Å². The van der Waals surface area contributed by atoms with Crippen LogP contribution < -0.4 is 16.6 Å². The normalized spacial score (nSPS) is 16.0. The van der Waals surface area contributed by atoms with Crippen molar-refractivity contribution in [1.82, 2.24) is 14.9 Å². The lowest BCUT2D eigenvalue weighted by molar-refractivity contribution is -0.122. The Labute approximate surface area is 139 Å². The molecule has 1 heterocycles. The number of H-pyrrole nitrogens is 1. The first-order valence-corrected chi connectivity index (χ1v) is 8.27. The van der Waals surface area contributed by atoms with Gasteiger partial charge in [-0.15, -0.1) is 0 Å². The Balaban J connectivity index is 1.75. The second-order valence-electron chi connectivity index (χ2n) is 6.24. The molecule has 24 heavy (non-hydrogen) atoms. The summed E-state index contributed by atoms with van der Waals surface area (Å²) in [6.07, 6.45) is 5.90. The molecule has 0 aliphatic heterocycles. The Hall–Kier alpha value is -2.63. The van der Waals surface area contributed by atoms with Crippen molar-refractivity contribution >= 4 is 5.91 Å². The first kappa shape index (κ1) is 16.2. The van der Waals surface area contributed by atoms with Gasteiger partial charge in [-0.05, 0) is 24.3 Å². The minimum atomic E-state index is -0.574. The van der Waals surface area contributed by atoms with Gasteiger partial charge in [-0.25, -0.2) is 4.79 Å². The second-order valence-corrected chi connectivity index (χ2v) is 6.24. The summed E-state index contributed by atoms with van der Waals surface area (Å²) < 4.78 is 1.20. The summed E-state index contributed by atoms with van der Waals surface area (Å²) >= 11 is 0. The summed E-state index contributed by atoms with van der Waals surface area (Å²) in [6.45, 7) is -0.105. The van der Waals surface area contributed by atoms with Crippen LogP contribution in [0.3, 0.4) is 0 Å². The second kappa shape index (κ2) is 7.29. The Kier molecular flexibility index (Phi) is 4.93. The number of nitrogens with one attached hydrogen (secondary N) is 2. The van der Waals surface area contributed by atoms with Gasteiger partial charge in [-0.1, -0.05) is 43.2 Å². The predicted octanol–water partition coefficient (Wildman–Crippen LogP) is 1.58. The molecule has 0 saturated heterocycles. The lowest BCUT2D eigenvalue weighted by Gasteiger charge is -2.25. The molecule has 2 N–H and O–H groups in total. The number of aromatic nitrogens is 2. The van der Waals surface area contributed by atoms with Crippen molar-refractivity contribution in [2.45, 2.75) is 38.3 Å². The van der Waals surface area contributed by atoms with Gasteiger partial charge in [0.2, 0.25) is 5.91 Å². The molecule has 3 rings (SSSR count). The number of amides is 1. The van der Waals surface area contributed by atoms with E-state index in [2.05, 4.69) is 10.3 Å². The average molecular weight is 327 g/mol. The van der Waals surface area contributed by atoms with E-state index in [9.17, 15) is 14.4 Å². The van der Waals surface area contributed by atoms with Crippen molar-refractivity contribution in [2.24, 2.45) is 5.92 Å². The summed E-state index contributed by atoms with van der Waals surface area (Å²) in [4.78, 5) is 37.4. The van der Waals surface area contributed by atoms with E-state index in [0.29, 0.717) is 5.92 Å². The zero-order valence-corrected chi connectivity index (χ0v) is 13.4. The molecule has 0 unspecified atom stereocenters. The third-order valence-corrected chi connectivity index (χ3v) is 4.56. The summed E-state index contributed by atoms with van der Waals surface area (Å²) in [6, 6.07) is 11.1. The quantitative estimate of drug-likeness (QED) is 0.874. The van der Waals surface area contributed by atoms with Crippen LogP contribution in [-0.4, -0.2) is 15.5 Å². The van der Waals surface area contributed by atoms with Crippen LogP contribution in [-0.2, 0) is 11.3 Å². The molecule has 1 aromatic carbocycles. The standard InChI is InChI=1S/C18H21N3O3/c22-15-10-11-21(18(24)20-15)12-16(23)19-17(14-8-4-5-9-14)13-6-2-1-3-7-13/h1-3,6-7,10-11,14,17H,4-5,8-9,12H2,(H,19,23)(H,20,22,24)/t17-/m1/s1. The molecule has 1 aromatic heterocycles. The number of carbonyl (C=O) groups excluding carboxylic acids is 1. The lowest BCUT2D eigenvalue weighted by Crippen LogP contribution is -2.38. The van der Waals surface area contributed by atoms with Crippen LogP contribution in [0.1, 0.15) is 37.3 Å². The summed E-state index contributed by atoms with van der Waals surface area (Å²) in [5, 5.41) is 3.07. The van der Waals surface area contributed by atoms with Crippen LogP contribution in [0.5, 0.6) is 0 Å². The van der Waals surface area contributed by atoms with E-state index in [0.717, 1.165) is 18.4 Å². The van der Waals surface area contributed by atoms with Crippen LogP contribution in [0, 0.1) is 5.92 Å². The zero-order chi connectivity index (χ0) is 16.9. The van der Waals surface area contributed by atoms with E-state index < -0.39 is 11.2 Å². The van der Waals surface area contributed by atoms with Crippen molar-refractivity contribution in [3.05, 3.63) is 69.0 Å². The summed E-state index contributed by atoms with van der Waals surface area (Å²) in [7, 11) is 0. The van der Waals surface area contributed by atoms with E-state index in [1.165, 1.54) is 29.7 Å². The SMILES string of the molecule is O=C(Cn1ccc(=O)[nH]c1=O)N[C@H](c1ccccc1)C1CCCC1. The van der Waals surface area contributed by atoms with Crippen molar-refractivity contribution in [3.63, 3.8) is 0 Å². The largest absolute Gasteiger partial charge is 0.347 e. The molecule has 1 atom stereocenters. The van der Waals surface area contributed by atoms with Gasteiger partial charge >= 0.3 is 5.69 Å². The van der Waals surface area contributed by atoms with Crippen LogP contribution in [0.2, 0.25) is 0 Å². The van der Waals surface area contributed by atoms with Gasteiger partial charge in [0.05, 0.1) is 6.04 Å².